The minimum Gasteiger partial charge on any atom is -0.282 e. The number of hydrogen-bond acceptors (Lipinski definition) is 1. The molecule has 2 heteroatoms. The molecule has 0 fully saturated rings. The van der Waals surface area contributed by atoms with Crippen molar-refractivity contribution in [2.75, 3.05) is 0 Å². The van der Waals surface area contributed by atoms with Crippen molar-refractivity contribution in [2.45, 2.75) is 103 Å². The van der Waals surface area contributed by atoms with Crippen LogP contribution in [0.25, 0.3) is 0 Å². The molecular formula is C17H33OS. The first kappa shape index (κ1) is 18.9. The summed E-state index contributed by atoms with van der Waals surface area (Å²) in [5, 5.41) is -0.0704. The second-order valence-electron chi connectivity index (χ2n) is 5.72. The summed E-state index contributed by atoms with van der Waals surface area (Å²) in [6.07, 6.45) is 19.5. The highest BCUT2D eigenvalue weighted by Crippen LogP contribution is 2.13. The maximum atomic E-state index is 10.6. The van der Waals surface area contributed by atoms with Gasteiger partial charge in [-0.3, -0.25) is 4.79 Å². The maximum absolute atomic E-state index is 10.6. The molecule has 0 rings (SSSR count). The molecule has 0 atom stereocenters. The van der Waals surface area contributed by atoms with Gasteiger partial charge in [0.05, 0.1) is 0 Å². The molecule has 1 radical (unpaired) electrons. The zero-order valence-electron chi connectivity index (χ0n) is 12.9. The van der Waals surface area contributed by atoms with Crippen molar-refractivity contribution in [3.8, 4) is 0 Å². The van der Waals surface area contributed by atoms with Gasteiger partial charge < -0.3 is 0 Å². The highest BCUT2D eigenvalue weighted by molar-refractivity contribution is 7.96. The van der Waals surface area contributed by atoms with Crippen molar-refractivity contribution in [1.29, 1.82) is 0 Å². The van der Waals surface area contributed by atoms with E-state index >= 15 is 0 Å². The number of carbonyl (C=O) groups excluding carboxylic acids is 1. The van der Waals surface area contributed by atoms with E-state index in [4.69, 9.17) is 0 Å². The molecule has 0 amide bonds. The van der Waals surface area contributed by atoms with E-state index in [-0.39, 0.29) is 5.12 Å². The predicted octanol–water partition coefficient (Wildman–Crippen LogP) is 6.58. The molecule has 0 aromatic heterocycles. The molecule has 0 spiro atoms. The Hall–Kier alpha value is -0.110. The Kier molecular flexibility index (Phi) is 15.9. The molecule has 19 heavy (non-hydrogen) atoms. The zero-order chi connectivity index (χ0) is 14.2. The second-order valence-corrected chi connectivity index (χ2v) is 6.17. The van der Waals surface area contributed by atoms with Crippen LogP contribution < -0.4 is 0 Å². The molecule has 113 valence electrons. The fourth-order valence-corrected chi connectivity index (χ4v) is 2.61. The van der Waals surface area contributed by atoms with E-state index in [1.54, 1.807) is 0 Å². The predicted molar refractivity (Wildman–Crippen MR) is 87.5 cm³/mol. The molecule has 0 N–H and O–H groups in total. The van der Waals surface area contributed by atoms with Crippen molar-refractivity contribution in [3.05, 3.63) is 0 Å². The van der Waals surface area contributed by atoms with Gasteiger partial charge in [-0.15, -0.1) is 0 Å². The molecule has 0 aliphatic carbocycles. The van der Waals surface area contributed by atoms with Crippen molar-refractivity contribution in [2.24, 2.45) is 0 Å². The monoisotopic (exact) mass is 285 g/mol. The van der Waals surface area contributed by atoms with E-state index < -0.39 is 0 Å². The van der Waals surface area contributed by atoms with Gasteiger partial charge in [0, 0.05) is 6.42 Å². The van der Waals surface area contributed by atoms with E-state index in [0.717, 1.165) is 6.42 Å². The average Bonchev–Trinajstić information content (AvgIpc) is 2.39. The molecular weight excluding hydrogens is 252 g/mol. The van der Waals surface area contributed by atoms with Gasteiger partial charge in [-0.2, -0.15) is 0 Å². The molecule has 0 aliphatic rings. The minimum atomic E-state index is -0.0704. The van der Waals surface area contributed by atoms with Crippen molar-refractivity contribution >= 4 is 17.7 Å². The van der Waals surface area contributed by atoms with Crippen LogP contribution in [0, 0.1) is 0 Å². The van der Waals surface area contributed by atoms with Crippen LogP contribution >= 0.6 is 12.6 Å². The first-order chi connectivity index (χ1) is 9.27. The van der Waals surface area contributed by atoms with Crippen LogP contribution in [0.4, 0.5) is 0 Å². The first-order valence-corrected chi connectivity index (χ1v) is 8.88. The van der Waals surface area contributed by atoms with E-state index in [9.17, 15) is 4.79 Å². The molecule has 0 saturated carbocycles. The van der Waals surface area contributed by atoms with E-state index in [2.05, 4.69) is 19.6 Å². The summed E-state index contributed by atoms with van der Waals surface area (Å²) in [7, 11) is 0. The standard InChI is InChI=1S/C17H33OS/c1-2-3-4-5-6-7-8-9-10-11-12-13-14-15-16-17(18)19/h2-16H2,1H3. The number of hydrogen-bond donors (Lipinski definition) is 0. The van der Waals surface area contributed by atoms with Gasteiger partial charge >= 0.3 is 0 Å². The Bertz CT molecular complexity index is 192. The van der Waals surface area contributed by atoms with Gasteiger partial charge in [0.25, 0.3) is 0 Å². The quantitative estimate of drug-likeness (QED) is 0.310. The Labute approximate surface area is 126 Å². The fraction of sp³-hybridized carbons (Fsp3) is 0.941. The molecule has 1 nitrogen and oxygen atoms in total. The molecule has 0 aromatic carbocycles. The van der Waals surface area contributed by atoms with E-state index in [1.165, 1.54) is 83.5 Å². The first-order valence-electron chi connectivity index (χ1n) is 8.47. The summed E-state index contributed by atoms with van der Waals surface area (Å²) < 4.78 is 0. The lowest BCUT2D eigenvalue weighted by Crippen LogP contribution is -1.86. The largest absolute Gasteiger partial charge is 0.282 e. The summed E-state index contributed by atoms with van der Waals surface area (Å²) in [6, 6.07) is 0. The molecule has 0 heterocycles. The zero-order valence-corrected chi connectivity index (χ0v) is 13.7. The summed E-state index contributed by atoms with van der Waals surface area (Å²) >= 11 is 4.53. The van der Waals surface area contributed by atoms with Gasteiger partial charge in [0.1, 0.15) is 0 Å². The molecule has 0 aromatic rings. The third-order valence-electron chi connectivity index (χ3n) is 3.73. The van der Waals surface area contributed by atoms with Gasteiger partial charge in [-0.25, -0.2) is 0 Å². The topological polar surface area (TPSA) is 17.1 Å². The van der Waals surface area contributed by atoms with Crippen molar-refractivity contribution in [3.63, 3.8) is 0 Å². The lowest BCUT2D eigenvalue weighted by Gasteiger charge is -2.02. The van der Waals surface area contributed by atoms with Crippen molar-refractivity contribution < 1.29 is 4.79 Å². The number of unbranched alkanes of at least 4 members (excludes halogenated alkanes) is 13. The van der Waals surface area contributed by atoms with Gasteiger partial charge in [0.2, 0.25) is 5.12 Å². The second kappa shape index (κ2) is 15.9. The summed E-state index contributed by atoms with van der Waals surface area (Å²) in [5.74, 6) is 0. The van der Waals surface area contributed by atoms with Crippen LogP contribution in [0.5, 0.6) is 0 Å². The normalized spacial score (nSPS) is 10.8. The Morgan fingerprint density at radius 2 is 0.947 bits per heavy atom. The van der Waals surface area contributed by atoms with E-state index in [1.807, 2.05) is 0 Å². The molecule has 0 unspecified atom stereocenters. The number of carbonyl (C=O) groups is 1. The van der Waals surface area contributed by atoms with E-state index in [0.29, 0.717) is 6.42 Å². The van der Waals surface area contributed by atoms with Crippen molar-refractivity contribution in [1.82, 2.24) is 0 Å². The molecule has 0 aliphatic heterocycles. The maximum Gasteiger partial charge on any atom is 0.218 e. The van der Waals surface area contributed by atoms with Gasteiger partial charge in [0.15, 0.2) is 0 Å². The smallest absolute Gasteiger partial charge is 0.218 e. The van der Waals surface area contributed by atoms with Crippen LogP contribution in [-0.4, -0.2) is 5.12 Å². The van der Waals surface area contributed by atoms with Crippen LogP contribution in [0.3, 0.4) is 0 Å². The Morgan fingerprint density at radius 1 is 0.632 bits per heavy atom. The van der Waals surface area contributed by atoms with Crippen LogP contribution in [0.1, 0.15) is 103 Å². The van der Waals surface area contributed by atoms with Crippen LogP contribution in [0.15, 0.2) is 0 Å². The highest BCUT2D eigenvalue weighted by atomic mass is 32.1. The summed E-state index contributed by atoms with van der Waals surface area (Å²) in [6.45, 7) is 2.27. The minimum absolute atomic E-state index is 0.0704. The third-order valence-corrected chi connectivity index (χ3v) is 3.94. The third kappa shape index (κ3) is 17.9. The molecule has 0 bridgehead atoms. The number of rotatable bonds is 15. The lowest BCUT2D eigenvalue weighted by molar-refractivity contribution is -0.110. The summed E-state index contributed by atoms with van der Waals surface area (Å²) in [4.78, 5) is 10.6. The van der Waals surface area contributed by atoms with Crippen LogP contribution in [-0.2, 0) is 4.79 Å². The molecule has 0 saturated heterocycles. The van der Waals surface area contributed by atoms with Gasteiger partial charge in [-0.05, 0) is 19.0 Å². The Morgan fingerprint density at radius 3 is 1.26 bits per heavy atom. The van der Waals surface area contributed by atoms with Gasteiger partial charge in [-0.1, -0.05) is 90.4 Å². The summed E-state index contributed by atoms with van der Waals surface area (Å²) in [5.41, 5.74) is 0. The lowest BCUT2D eigenvalue weighted by atomic mass is 10.0. The fourth-order valence-electron chi connectivity index (χ4n) is 2.46. The average molecular weight is 286 g/mol. The Balaban J connectivity index is 2.93. The SMILES string of the molecule is CCCCCCCCCCCCCCCCC(=O)[S]. The highest BCUT2D eigenvalue weighted by Gasteiger charge is 1.96. The van der Waals surface area contributed by atoms with Crippen LogP contribution in [0.2, 0.25) is 0 Å².